The minimum atomic E-state index is -0.455. The van der Waals surface area contributed by atoms with Gasteiger partial charge in [-0.25, -0.2) is 4.79 Å². The summed E-state index contributed by atoms with van der Waals surface area (Å²) in [6.45, 7) is 9.65. The number of rotatable bonds is 4. The summed E-state index contributed by atoms with van der Waals surface area (Å²) in [5.41, 5.74) is -0.455. The van der Waals surface area contributed by atoms with Crippen molar-refractivity contribution >= 4 is 12.1 Å². The van der Waals surface area contributed by atoms with Crippen LogP contribution in [0.1, 0.15) is 40.0 Å². The summed E-state index contributed by atoms with van der Waals surface area (Å²) in [7, 11) is 1.41. The molecule has 1 rings (SSSR count). The van der Waals surface area contributed by atoms with E-state index in [9.17, 15) is 9.59 Å². The SMILES string of the molecule is COC(=O)CCCN1CCCN(C(=O)OC(C)(C)C)CC1. The van der Waals surface area contributed by atoms with Crippen LogP contribution in [0.2, 0.25) is 0 Å². The second-order valence-electron chi connectivity index (χ2n) is 6.34. The Morgan fingerprint density at radius 3 is 2.43 bits per heavy atom. The number of methoxy groups -OCH3 is 1. The zero-order valence-electron chi connectivity index (χ0n) is 13.7. The van der Waals surface area contributed by atoms with Crippen LogP contribution in [0.25, 0.3) is 0 Å². The van der Waals surface area contributed by atoms with E-state index >= 15 is 0 Å². The number of esters is 1. The topological polar surface area (TPSA) is 59.1 Å². The summed E-state index contributed by atoms with van der Waals surface area (Å²) in [4.78, 5) is 27.2. The first-order chi connectivity index (χ1) is 9.81. The minimum absolute atomic E-state index is 0.166. The maximum atomic E-state index is 12.0. The molecule has 1 saturated heterocycles. The van der Waals surface area contributed by atoms with E-state index in [1.807, 2.05) is 20.8 Å². The van der Waals surface area contributed by atoms with Crippen molar-refractivity contribution in [1.82, 2.24) is 9.80 Å². The number of ether oxygens (including phenoxy) is 2. The molecule has 0 aliphatic carbocycles. The van der Waals surface area contributed by atoms with E-state index in [1.165, 1.54) is 7.11 Å². The molecule has 0 bridgehead atoms. The number of carbonyl (C=O) groups excluding carboxylic acids is 2. The lowest BCUT2D eigenvalue weighted by Crippen LogP contribution is -2.39. The monoisotopic (exact) mass is 300 g/mol. The normalized spacial score (nSPS) is 17.2. The van der Waals surface area contributed by atoms with Crippen LogP contribution in [0.3, 0.4) is 0 Å². The first kappa shape index (κ1) is 17.8. The van der Waals surface area contributed by atoms with Crippen LogP contribution >= 0.6 is 0 Å². The van der Waals surface area contributed by atoms with Crippen LogP contribution in [-0.2, 0) is 14.3 Å². The Hall–Kier alpha value is -1.30. The van der Waals surface area contributed by atoms with Crippen LogP contribution in [0.4, 0.5) is 4.79 Å². The van der Waals surface area contributed by atoms with E-state index < -0.39 is 5.60 Å². The van der Waals surface area contributed by atoms with Gasteiger partial charge in [0.1, 0.15) is 5.60 Å². The van der Waals surface area contributed by atoms with E-state index in [4.69, 9.17) is 4.74 Å². The van der Waals surface area contributed by atoms with Crippen molar-refractivity contribution in [2.75, 3.05) is 39.8 Å². The molecule has 0 aromatic rings. The molecule has 0 aromatic carbocycles. The second-order valence-corrected chi connectivity index (χ2v) is 6.34. The van der Waals surface area contributed by atoms with Crippen molar-refractivity contribution < 1.29 is 19.1 Å². The lowest BCUT2D eigenvalue weighted by molar-refractivity contribution is -0.140. The number of amides is 1. The molecule has 0 radical (unpaired) electrons. The van der Waals surface area contributed by atoms with Crippen molar-refractivity contribution in [3.8, 4) is 0 Å². The molecular weight excluding hydrogens is 272 g/mol. The molecule has 0 aromatic heterocycles. The Kier molecular flexibility index (Phi) is 6.95. The molecule has 0 unspecified atom stereocenters. The number of carbonyl (C=O) groups is 2. The third-order valence-corrected chi connectivity index (χ3v) is 3.32. The minimum Gasteiger partial charge on any atom is -0.469 e. The Bertz CT molecular complexity index is 352. The Balaban J connectivity index is 2.33. The molecule has 1 aliphatic rings. The lowest BCUT2D eigenvalue weighted by atomic mass is 10.2. The summed E-state index contributed by atoms with van der Waals surface area (Å²) < 4.78 is 10.0. The van der Waals surface area contributed by atoms with E-state index in [2.05, 4.69) is 9.64 Å². The predicted octanol–water partition coefficient (Wildman–Crippen LogP) is 1.88. The fourth-order valence-corrected chi connectivity index (χ4v) is 2.25. The van der Waals surface area contributed by atoms with Crippen molar-refractivity contribution in [2.45, 2.75) is 45.6 Å². The van der Waals surface area contributed by atoms with Gasteiger partial charge >= 0.3 is 12.1 Å². The molecule has 1 heterocycles. The van der Waals surface area contributed by atoms with Gasteiger partial charge in [-0.1, -0.05) is 0 Å². The first-order valence-corrected chi connectivity index (χ1v) is 7.59. The fourth-order valence-electron chi connectivity index (χ4n) is 2.25. The standard InChI is InChI=1S/C15H28N2O4/c1-15(2,3)21-14(19)17-10-6-9-16(11-12-17)8-5-7-13(18)20-4/h5-12H2,1-4H3. The van der Waals surface area contributed by atoms with Gasteiger partial charge in [0.05, 0.1) is 7.11 Å². The predicted molar refractivity (Wildman–Crippen MR) is 80.1 cm³/mol. The number of hydrogen-bond donors (Lipinski definition) is 0. The van der Waals surface area contributed by atoms with Gasteiger partial charge in [-0.05, 0) is 46.7 Å². The quantitative estimate of drug-likeness (QED) is 0.742. The zero-order valence-corrected chi connectivity index (χ0v) is 13.7. The van der Waals surface area contributed by atoms with Crippen molar-refractivity contribution in [3.63, 3.8) is 0 Å². The van der Waals surface area contributed by atoms with Gasteiger partial charge < -0.3 is 19.3 Å². The fraction of sp³-hybridized carbons (Fsp3) is 0.867. The molecule has 1 fully saturated rings. The molecule has 122 valence electrons. The van der Waals surface area contributed by atoms with Gasteiger partial charge in [0.15, 0.2) is 0 Å². The van der Waals surface area contributed by atoms with Crippen LogP contribution in [0, 0.1) is 0 Å². The molecule has 21 heavy (non-hydrogen) atoms. The third kappa shape index (κ3) is 7.32. The van der Waals surface area contributed by atoms with Crippen LogP contribution in [-0.4, -0.2) is 67.3 Å². The highest BCUT2D eigenvalue weighted by Crippen LogP contribution is 2.12. The summed E-state index contributed by atoms with van der Waals surface area (Å²) in [6, 6.07) is 0. The highest BCUT2D eigenvalue weighted by atomic mass is 16.6. The maximum absolute atomic E-state index is 12.0. The van der Waals surface area contributed by atoms with E-state index in [0.717, 1.165) is 39.0 Å². The first-order valence-electron chi connectivity index (χ1n) is 7.59. The van der Waals surface area contributed by atoms with Crippen LogP contribution in [0.5, 0.6) is 0 Å². The Morgan fingerprint density at radius 1 is 1.10 bits per heavy atom. The van der Waals surface area contributed by atoms with Gasteiger partial charge in [0.2, 0.25) is 0 Å². The Labute approximate surface area is 127 Å². The van der Waals surface area contributed by atoms with Crippen molar-refractivity contribution in [3.05, 3.63) is 0 Å². The lowest BCUT2D eigenvalue weighted by Gasteiger charge is -2.26. The summed E-state index contributed by atoms with van der Waals surface area (Å²) in [6.07, 6.45) is 1.93. The summed E-state index contributed by atoms with van der Waals surface area (Å²) in [5.74, 6) is -0.166. The largest absolute Gasteiger partial charge is 0.469 e. The molecule has 0 atom stereocenters. The molecule has 1 amide bonds. The average Bonchev–Trinajstić information content (AvgIpc) is 2.62. The van der Waals surface area contributed by atoms with Gasteiger partial charge in [0, 0.05) is 26.1 Å². The molecule has 6 nitrogen and oxygen atoms in total. The highest BCUT2D eigenvalue weighted by molar-refractivity contribution is 5.69. The average molecular weight is 300 g/mol. The second kappa shape index (κ2) is 8.22. The third-order valence-electron chi connectivity index (χ3n) is 3.32. The van der Waals surface area contributed by atoms with Crippen LogP contribution in [0.15, 0.2) is 0 Å². The molecule has 0 spiro atoms. The zero-order chi connectivity index (χ0) is 15.9. The Morgan fingerprint density at radius 2 is 1.81 bits per heavy atom. The molecule has 0 saturated carbocycles. The van der Waals surface area contributed by atoms with Gasteiger partial charge in [-0.15, -0.1) is 0 Å². The molecular formula is C15H28N2O4. The van der Waals surface area contributed by atoms with Gasteiger partial charge in [-0.3, -0.25) is 4.79 Å². The van der Waals surface area contributed by atoms with E-state index in [0.29, 0.717) is 13.0 Å². The van der Waals surface area contributed by atoms with Gasteiger partial charge in [0.25, 0.3) is 0 Å². The number of nitrogens with zero attached hydrogens (tertiary/aromatic N) is 2. The summed E-state index contributed by atoms with van der Waals surface area (Å²) in [5, 5.41) is 0. The van der Waals surface area contributed by atoms with Crippen LogP contribution < -0.4 is 0 Å². The highest BCUT2D eigenvalue weighted by Gasteiger charge is 2.24. The van der Waals surface area contributed by atoms with E-state index in [-0.39, 0.29) is 12.1 Å². The molecule has 6 heteroatoms. The van der Waals surface area contributed by atoms with Gasteiger partial charge in [-0.2, -0.15) is 0 Å². The van der Waals surface area contributed by atoms with Crippen molar-refractivity contribution in [2.24, 2.45) is 0 Å². The summed E-state index contributed by atoms with van der Waals surface area (Å²) >= 11 is 0. The molecule has 1 aliphatic heterocycles. The smallest absolute Gasteiger partial charge is 0.410 e. The van der Waals surface area contributed by atoms with E-state index in [1.54, 1.807) is 4.90 Å². The van der Waals surface area contributed by atoms with Crippen molar-refractivity contribution in [1.29, 1.82) is 0 Å². The number of hydrogen-bond acceptors (Lipinski definition) is 5. The molecule has 0 N–H and O–H groups in total. The maximum Gasteiger partial charge on any atom is 0.410 e.